The molecule has 0 aromatic heterocycles. The molecule has 2 rings (SSSR count). The van der Waals surface area contributed by atoms with E-state index in [-0.39, 0.29) is 12.0 Å². The largest absolute Gasteiger partial charge is 0.396 e. The van der Waals surface area contributed by atoms with Crippen molar-refractivity contribution in [3.05, 3.63) is 0 Å². The molecule has 0 aromatic rings. The molecule has 0 bridgehead atoms. The molecule has 0 aromatic carbocycles. The molecule has 2 nitrogen and oxygen atoms in total. The Bertz CT molecular complexity index is 274. The van der Waals surface area contributed by atoms with Crippen molar-refractivity contribution < 1.29 is 9.90 Å². The molecule has 0 aliphatic heterocycles. The number of Topliss-reactive ketones (excluding diaryl/α,β-unsaturated/α-hetero) is 1. The van der Waals surface area contributed by atoms with Gasteiger partial charge in [0.1, 0.15) is 5.78 Å². The Morgan fingerprint density at radius 2 is 2.25 bits per heavy atom. The van der Waals surface area contributed by atoms with Gasteiger partial charge in [-0.15, -0.1) is 0 Å². The average Bonchev–Trinajstić information content (AvgIpc) is 2.57. The number of carbonyl (C=O) groups is 1. The van der Waals surface area contributed by atoms with Crippen LogP contribution in [0.1, 0.15) is 52.4 Å². The van der Waals surface area contributed by atoms with Crippen LogP contribution in [0.5, 0.6) is 0 Å². The van der Waals surface area contributed by atoms with Gasteiger partial charge in [0.25, 0.3) is 0 Å². The summed E-state index contributed by atoms with van der Waals surface area (Å²) in [7, 11) is 0. The van der Waals surface area contributed by atoms with Gasteiger partial charge in [-0.2, -0.15) is 0 Å². The lowest BCUT2D eigenvalue weighted by molar-refractivity contribution is -0.130. The molecule has 0 spiro atoms. The molecule has 4 atom stereocenters. The highest BCUT2D eigenvalue weighted by atomic mass is 16.3. The lowest BCUT2D eigenvalue weighted by atomic mass is 9.62. The molecule has 1 unspecified atom stereocenters. The Labute approximate surface area is 98.4 Å². The number of fused-ring (bicyclic) bond motifs is 1. The molecule has 16 heavy (non-hydrogen) atoms. The number of rotatable bonds is 3. The molecule has 2 fully saturated rings. The highest BCUT2D eigenvalue weighted by molar-refractivity contribution is 5.83. The van der Waals surface area contributed by atoms with E-state index in [0.29, 0.717) is 23.5 Å². The van der Waals surface area contributed by atoms with Crippen molar-refractivity contribution in [1.82, 2.24) is 0 Å². The van der Waals surface area contributed by atoms with Crippen LogP contribution >= 0.6 is 0 Å². The van der Waals surface area contributed by atoms with Crippen LogP contribution in [0.2, 0.25) is 0 Å². The first kappa shape index (κ1) is 12.1. The Morgan fingerprint density at radius 3 is 2.94 bits per heavy atom. The first-order chi connectivity index (χ1) is 7.59. The van der Waals surface area contributed by atoms with E-state index in [4.69, 9.17) is 5.11 Å². The summed E-state index contributed by atoms with van der Waals surface area (Å²) < 4.78 is 0. The van der Waals surface area contributed by atoms with Gasteiger partial charge in [-0.1, -0.05) is 13.8 Å². The first-order valence-electron chi connectivity index (χ1n) is 6.73. The van der Waals surface area contributed by atoms with Crippen molar-refractivity contribution in [3.8, 4) is 0 Å². The second-order valence-electron chi connectivity index (χ2n) is 6.05. The topological polar surface area (TPSA) is 37.3 Å². The van der Waals surface area contributed by atoms with Gasteiger partial charge in [-0.05, 0) is 49.4 Å². The fourth-order valence-electron chi connectivity index (χ4n) is 4.31. The molecule has 92 valence electrons. The Kier molecular flexibility index (Phi) is 3.39. The van der Waals surface area contributed by atoms with Crippen molar-refractivity contribution in [2.45, 2.75) is 52.4 Å². The molecule has 0 radical (unpaired) electrons. The number of aliphatic hydroxyl groups excluding tert-OH is 1. The molecule has 0 amide bonds. The van der Waals surface area contributed by atoms with E-state index in [1.54, 1.807) is 0 Å². The third kappa shape index (κ3) is 1.81. The fraction of sp³-hybridized carbons (Fsp3) is 0.929. The van der Waals surface area contributed by atoms with Crippen LogP contribution in [-0.4, -0.2) is 17.5 Å². The maximum Gasteiger partial charge on any atom is 0.136 e. The SMILES string of the molecule is C[C@H](CCO)[C@H]1CCC2C(=O)CCC[C@@]21C. The molecule has 2 aliphatic rings. The summed E-state index contributed by atoms with van der Waals surface area (Å²) in [5.41, 5.74) is 0.240. The van der Waals surface area contributed by atoms with Gasteiger partial charge in [0.15, 0.2) is 0 Å². The number of hydrogen-bond acceptors (Lipinski definition) is 2. The molecule has 2 aliphatic carbocycles. The van der Waals surface area contributed by atoms with Crippen LogP contribution in [0.4, 0.5) is 0 Å². The third-order valence-electron chi connectivity index (χ3n) is 5.21. The fourth-order valence-corrected chi connectivity index (χ4v) is 4.31. The number of hydrogen-bond donors (Lipinski definition) is 1. The molecule has 0 saturated heterocycles. The lowest BCUT2D eigenvalue weighted by Gasteiger charge is -2.42. The highest BCUT2D eigenvalue weighted by Crippen LogP contribution is 2.56. The van der Waals surface area contributed by atoms with Crippen molar-refractivity contribution in [1.29, 1.82) is 0 Å². The van der Waals surface area contributed by atoms with Crippen molar-refractivity contribution in [2.24, 2.45) is 23.2 Å². The van der Waals surface area contributed by atoms with E-state index in [1.165, 1.54) is 12.8 Å². The second-order valence-corrected chi connectivity index (χ2v) is 6.05. The van der Waals surface area contributed by atoms with Crippen LogP contribution in [0, 0.1) is 23.2 Å². The minimum absolute atomic E-state index is 0.240. The van der Waals surface area contributed by atoms with Gasteiger partial charge in [0.2, 0.25) is 0 Å². The minimum Gasteiger partial charge on any atom is -0.396 e. The van der Waals surface area contributed by atoms with Gasteiger partial charge in [-0.25, -0.2) is 0 Å². The van der Waals surface area contributed by atoms with E-state index >= 15 is 0 Å². The zero-order valence-electron chi connectivity index (χ0n) is 10.5. The summed E-state index contributed by atoms with van der Waals surface area (Å²) in [6.07, 6.45) is 6.27. The summed E-state index contributed by atoms with van der Waals surface area (Å²) in [5.74, 6) is 2.04. The predicted molar refractivity (Wildman–Crippen MR) is 64.0 cm³/mol. The molecule has 2 saturated carbocycles. The zero-order chi connectivity index (χ0) is 11.8. The Hall–Kier alpha value is -0.370. The molecular weight excluding hydrogens is 200 g/mol. The van der Waals surface area contributed by atoms with Gasteiger partial charge in [-0.3, -0.25) is 4.79 Å². The quantitative estimate of drug-likeness (QED) is 0.800. The van der Waals surface area contributed by atoms with Crippen LogP contribution < -0.4 is 0 Å². The van der Waals surface area contributed by atoms with Gasteiger partial charge >= 0.3 is 0 Å². The smallest absolute Gasteiger partial charge is 0.136 e. The van der Waals surface area contributed by atoms with E-state index in [1.807, 2.05) is 0 Å². The van der Waals surface area contributed by atoms with E-state index in [9.17, 15) is 4.79 Å². The molecular formula is C14H24O2. The van der Waals surface area contributed by atoms with Gasteiger partial charge < -0.3 is 5.11 Å². The lowest BCUT2D eigenvalue weighted by Crippen LogP contribution is -2.39. The number of aliphatic hydroxyl groups is 1. The van der Waals surface area contributed by atoms with E-state index < -0.39 is 0 Å². The minimum atomic E-state index is 0.240. The molecule has 2 heteroatoms. The first-order valence-corrected chi connectivity index (χ1v) is 6.73. The van der Waals surface area contributed by atoms with Gasteiger partial charge in [0.05, 0.1) is 0 Å². The molecule has 1 N–H and O–H groups in total. The number of carbonyl (C=O) groups excluding carboxylic acids is 1. The van der Waals surface area contributed by atoms with Crippen LogP contribution in [0.3, 0.4) is 0 Å². The average molecular weight is 224 g/mol. The molecule has 0 heterocycles. The summed E-state index contributed by atoms with van der Waals surface area (Å²) >= 11 is 0. The summed E-state index contributed by atoms with van der Waals surface area (Å²) in [6.45, 7) is 4.85. The summed E-state index contributed by atoms with van der Waals surface area (Å²) in [6, 6.07) is 0. The van der Waals surface area contributed by atoms with E-state index in [2.05, 4.69) is 13.8 Å². The summed E-state index contributed by atoms with van der Waals surface area (Å²) in [5, 5.41) is 9.06. The Morgan fingerprint density at radius 1 is 1.50 bits per heavy atom. The monoisotopic (exact) mass is 224 g/mol. The van der Waals surface area contributed by atoms with Crippen LogP contribution in [-0.2, 0) is 4.79 Å². The predicted octanol–water partition coefficient (Wildman–Crippen LogP) is 2.79. The van der Waals surface area contributed by atoms with Crippen molar-refractivity contribution in [3.63, 3.8) is 0 Å². The van der Waals surface area contributed by atoms with Crippen molar-refractivity contribution in [2.75, 3.05) is 6.61 Å². The maximum atomic E-state index is 12.0. The van der Waals surface area contributed by atoms with Crippen LogP contribution in [0.25, 0.3) is 0 Å². The van der Waals surface area contributed by atoms with Gasteiger partial charge in [0, 0.05) is 18.9 Å². The maximum absolute atomic E-state index is 12.0. The highest BCUT2D eigenvalue weighted by Gasteiger charge is 2.52. The normalized spacial score (nSPS) is 40.8. The second kappa shape index (κ2) is 4.48. The van der Waals surface area contributed by atoms with Crippen LogP contribution in [0.15, 0.2) is 0 Å². The number of ketones is 1. The Balaban J connectivity index is 2.14. The summed E-state index contributed by atoms with van der Waals surface area (Å²) in [4.78, 5) is 12.0. The third-order valence-corrected chi connectivity index (χ3v) is 5.21. The standard InChI is InChI=1S/C14H24O2/c1-10(7-9-15)11-5-6-12-13(16)4-3-8-14(11,12)2/h10-12,15H,3-9H2,1-2H3/t10-,11-,12?,14-/m1/s1. The van der Waals surface area contributed by atoms with Crippen molar-refractivity contribution >= 4 is 5.78 Å². The van der Waals surface area contributed by atoms with E-state index in [0.717, 1.165) is 25.7 Å². The zero-order valence-corrected chi connectivity index (χ0v) is 10.5.